The molecule has 0 aromatic heterocycles. The Kier molecular flexibility index (Phi) is 5.21. The van der Waals surface area contributed by atoms with Crippen molar-refractivity contribution in [2.45, 2.75) is 19.4 Å². The molecule has 7 heteroatoms. The van der Waals surface area contributed by atoms with Crippen molar-refractivity contribution in [3.05, 3.63) is 33.6 Å². The number of rotatable bonds is 6. The second-order valence-electron chi connectivity index (χ2n) is 3.93. The molecule has 1 aromatic carbocycles. The Morgan fingerprint density at radius 2 is 2.32 bits per heavy atom. The molecule has 0 aliphatic carbocycles. The highest BCUT2D eigenvalue weighted by Gasteiger charge is 2.16. The van der Waals surface area contributed by atoms with Gasteiger partial charge in [0, 0.05) is 12.0 Å². The molecule has 0 aliphatic rings. The Morgan fingerprint density at radius 3 is 2.84 bits per heavy atom. The Morgan fingerprint density at radius 1 is 1.63 bits per heavy atom. The number of nitrogens with one attached hydrogen (secondary N) is 1. The number of hydrogen-bond donors (Lipinski definition) is 1. The van der Waals surface area contributed by atoms with Crippen LogP contribution in [0.25, 0.3) is 0 Å². The van der Waals surface area contributed by atoms with E-state index in [0.717, 1.165) is 6.07 Å². The van der Waals surface area contributed by atoms with Gasteiger partial charge in [-0.05, 0) is 20.0 Å². The van der Waals surface area contributed by atoms with Crippen LogP contribution in [-0.2, 0) is 0 Å². The van der Waals surface area contributed by atoms with Gasteiger partial charge >= 0.3 is 0 Å². The smallest absolute Gasteiger partial charge is 0.275 e. The maximum absolute atomic E-state index is 13.6. The number of hydrogen-bond acceptors (Lipinski definition) is 5. The molecule has 1 atom stereocenters. The van der Waals surface area contributed by atoms with E-state index in [-0.39, 0.29) is 24.1 Å². The number of nitro benzene ring substituents is 1. The van der Waals surface area contributed by atoms with Crippen LogP contribution in [0.5, 0.6) is 5.75 Å². The standard InChI is InChI=1S/C12H14FN3O3/c1-8-5-12(10(13)6-11(8)16(17)18)19-4-3-9(7-14)15-2/h5-6,9,15H,3-4H2,1-2H3. The van der Waals surface area contributed by atoms with Crippen LogP contribution in [-0.4, -0.2) is 24.6 Å². The number of halogens is 1. The van der Waals surface area contributed by atoms with E-state index in [1.54, 1.807) is 7.05 Å². The quantitative estimate of drug-likeness (QED) is 0.628. The van der Waals surface area contributed by atoms with Gasteiger partial charge in [-0.2, -0.15) is 5.26 Å². The van der Waals surface area contributed by atoms with E-state index in [1.165, 1.54) is 13.0 Å². The summed E-state index contributed by atoms with van der Waals surface area (Å²) in [5.41, 5.74) is 0.0434. The summed E-state index contributed by atoms with van der Waals surface area (Å²) in [7, 11) is 1.64. The van der Waals surface area contributed by atoms with Crippen LogP contribution < -0.4 is 10.1 Å². The highest BCUT2D eigenvalue weighted by atomic mass is 19.1. The largest absolute Gasteiger partial charge is 0.490 e. The molecule has 0 spiro atoms. The molecule has 1 N–H and O–H groups in total. The number of nitriles is 1. The van der Waals surface area contributed by atoms with Crippen molar-refractivity contribution in [3.8, 4) is 11.8 Å². The van der Waals surface area contributed by atoms with Gasteiger partial charge in [-0.3, -0.25) is 10.1 Å². The Balaban J connectivity index is 2.73. The van der Waals surface area contributed by atoms with Crippen molar-refractivity contribution in [3.63, 3.8) is 0 Å². The monoisotopic (exact) mass is 267 g/mol. The SMILES string of the molecule is CNC(C#N)CCOc1cc(C)c([N+](=O)[O-])cc1F. The van der Waals surface area contributed by atoms with Gasteiger partial charge in [-0.1, -0.05) is 0 Å². The van der Waals surface area contributed by atoms with E-state index < -0.39 is 10.7 Å². The molecule has 1 aromatic rings. The first kappa shape index (κ1) is 14.9. The van der Waals surface area contributed by atoms with E-state index >= 15 is 0 Å². The molecule has 1 unspecified atom stereocenters. The Hall–Kier alpha value is -2.20. The Bertz CT molecular complexity index is 514. The first-order chi connectivity index (χ1) is 8.99. The van der Waals surface area contributed by atoms with Crippen molar-refractivity contribution >= 4 is 5.69 Å². The predicted octanol–water partition coefficient (Wildman–Crippen LogP) is 1.92. The maximum Gasteiger partial charge on any atom is 0.275 e. The third-order valence-electron chi connectivity index (χ3n) is 2.62. The highest BCUT2D eigenvalue weighted by Crippen LogP contribution is 2.27. The summed E-state index contributed by atoms with van der Waals surface area (Å²) in [6.45, 7) is 1.66. The number of nitro groups is 1. The van der Waals surface area contributed by atoms with E-state index in [9.17, 15) is 14.5 Å². The molecule has 6 nitrogen and oxygen atoms in total. The van der Waals surface area contributed by atoms with Crippen LogP contribution in [0.1, 0.15) is 12.0 Å². The third kappa shape index (κ3) is 3.89. The van der Waals surface area contributed by atoms with Gasteiger partial charge in [0.25, 0.3) is 5.69 Å². The first-order valence-electron chi connectivity index (χ1n) is 5.63. The number of aryl methyl sites for hydroxylation is 1. The average Bonchev–Trinajstić information content (AvgIpc) is 2.37. The maximum atomic E-state index is 13.6. The van der Waals surface area contributed by atoms with Gasteiger partial charge in [-0.15, -0.1) is 0 Å². The van der Waals surface area contributed by atoms with E-state index in [0.29, 0.717) is 12.0 Å². The molecule has 1 rings (SSSR count). The van der Waals surface area contributed by atoms with E-state index in [1.807, 2.05) is 6.07 Å². The lowest BCUT2D eigenvalue weighted by Crippen LogP contribution is -2.25. The van der Waals surface area contributed by atoms with Gasteiger partial charge in [0.2, 0.25) is 0 Å². The summed E-state index contributed by atoms with van der Waals surface area (Å²) >= 11 is 0. The van der Waals surface area contributed by atoms with Gasteiger partial charge in [-0.25, -0.2) is 4.39 Å². The van der Waals surface area contributed by atoms with Crippen molar-refractivity contribution in [2.24, 2.45) is 0 Å². The number of ether oxygens (including phenoxy) is 1. The van der Waals surface area contributed by atoms with E-state index in [4.69, 9.17) is 10.00 Å². The van der Waals surface area contributed by atoms with Gasteiger partial charge < -0.3 is 10.1 Å². The van der Waals surface area contributed by atoms with Crippen LogP contribution >= 0.6 is 0 Å². The van der Waals surface area contributed by atoms with Crippen molar-refractivity contribution in [1.29, 1.82) is 5.26 Å². The summed E-state index contributed by atoms with van der Waals surface area (Å²) in [5.74, 6) is -0.828. The summed E-state index contributed by atoms with van der Waals surface area (Å²) < 4.78 is 18.8. The normalized spacial score (nSPS) is 11.7. The zero-order chi connectivity index (χ0) is 14.4. The molecule has 0 aliphatic heterocycles. The van der Waals surface area contributed by atoms with Crippen LogP contribution in [0, 0.1) is 34.2 Å². The highest BCUT2D eigenvalue weighted by molar-refractivity contribution is 5.45. The average molecular weight is 267 g/mol. The minimum atomic E-state index is -0.782. The van der Waals surface area contributed by atoms with Crippen LogP contribution in [0.15, 0.2) is 12.1 Å². The zero-order valence-electron chi connectivity index (χ0n) is 10.6. The number of nitrogens with zero attached hydrogens (tertiary/aromatic N) is 2. The lowest BCUT2D eigenvalue weighted by atomic mass is 10.2. The molecule has 0 fully saturated rings. The molecular formula is C12H14FN3O3. The fourth-order valence-electron chi connectivity index (χ4n) is 1.51. The fraction of sp³-hybridized carbons (Fsp3) is 0.417. The molecule has 0 bridgehead atoms. The summed E-state index contributed by atoms with van der Waals surface area (Å²) in [4.78, 5) is 9.98. The van der Waals surface area contributed by atoms with Gasteiger partial charge in [0.05, 0.1) is 29.7 Å². The number of benzene rings is 1. The van der Waals surface area contributed by atoms with E-state index in [2.05, 4.69) is 5.32 Å². The molecule has 0 saturated heterocycles. The van der Waals surface area contributed by atoms with Gasteiger partial charge in [0.15, 0.2) is 11.6 Å². The summed E-state index contributed by atoms with van der Waals surface area (Å²) in [6, 6.07) is 3.76. The second kappa shape index (κ2) is 6.66. The van der Waals surface area contributed by atoms with Crippen LogP contribution in [0.4, 0.5) is 10.1 Å². The lowest BCUT2D eigenvalue weighted by molar-refractivity contribution is -0.385. The molecule has 102 valence electrons. The molecule has 0 heterocycles. The molecular weight excluding hydrogens is 253 g/mol. The van der Waals surface area contributed by atoms with Crippen molar-refractivity contribution in [1.82, 2.24) is 5.32 Å². The summed E-state index contributed by atoms with van der Waals surface area (Å²) in [5, 5.41) is 22.1. The van der Waals surface area contributed by atoms with Crippen molar-refractivity contribution < 1.29 is 14.1 Å². The third-order valence-corrected chi connectivity index (χ3v) is 2.62. The minimum absolute atomic E-state index is 0.0455. The van der Waals surface area contributed by atoms with Crippen LogP contribution in [0.2, 0.25) is 0 Å². The minimum Gasteiger partial charge on any atom is -0.490 e. The molecule has 0 radical (unpaired) electrons. The topological polar surface area (TPSA) is 88.2 Å². The zero-order valence-corrected chi connectivity index (χ0v) is 10.6. The lowest BCUT2D eigenvalue weighted by Gasteiger charge is -2.10. The first-order valence-corrected chi connectivity index (χ1v) is 5.63. The second-order valence-corrected chi connectivity index (χ2v) is 3.93. The molecule has 0 amide bonds. The molecule has 0 saturated carbocycles. The fourth-order valence-corrected chi connectivity index (χ4v) is 1.51. The van der Waals surface area contributed by atoms with Crippen molar-refractivity contribution in [2.75, 3.05) is 13.7 Å². The van der Waals surface area contributed by atoms with Crippen LogP contribution in [0.3, 0.4) is 0 Å². The molecule has 19 heavy (non-hydrogen) atoms. The predicted molar refractivity (Wildman–Crippen MR) is 66.4 cm³/mol. The summed E-state index contributed by atoms with van der Waals surface area (Å²) in [6.07, 6.45) is 0.391. The Labute approximate surface area is 109 Å². The van der Waals surface area contributed by atoms with Gasteiger partial charge in [0.1, 0.15) is 0 Å².